The van der Waals surface area contributed by atoms with E-state index in [2.05, 4.69) is 10.2 Å². The molecule has 2 N–H and O–H groups in total. The van der Waals surface area contributed by atoms with Crippen molar-refractivity contribution >= 4 is 11.9 Å². The molecular formula is C14H26N2O4. The summed E-state index contributed by atoms with van der Waals surface area (Å²) in [6.45, 7) is 4.53. The smallest absolute Gasteiger partial charge is 0.303 e. The van der Waals surface area contributed by atoms with Crippen LogP contribution in [0.2, 0.25) is 0 Å². The van der Waals surface area contributed by atoms with E-state index in [9.17, 15) is 9.59 Å². The largest absolute Gasteiger partial charge is 0.481 e. The van der Waals surface area contributed by atoms with Crippen molar-refractivity contribution in [3.05, 3.63) is 0 Å². The van der Waals surface area contributed by atoms with Gasteiger partial charge in [0.1, 0.15) is 0 Å². The van der Waals surface area contributed by atoms with Crippen molar-refractivity contribution in [2.45, 2.75) is 38.6 Å². The number of methoxy groups -OCH3 is 1. The third-order valence-corrected chi connectivity index (χ3v) is 3.56. The number of aliphatic carboxylic acids is 1. The van der Waals surface area contributed by atoms with Gasteiger partial charge >= 0.3 is 5.97 Å². The minimum Gasteiger partial charge on any atom is -0.481 e. The van der Waals surface area contributed by atoms with Crippen molar-refractivity contribution < 1.29 is 19.4 Å². The van der Waals surface area contributed by atoms with E-state index in [0.717, 1.165) is 25.9 Å². The number of piperidine rings is 1. The summed E-state index contributed by atoms with van der Waals surface area (Å²) in [4.78, 5) is 24.6. The lowest BCUT2D eigenvalue weighted by Gasteiger charge is -2.32. The molecule has 6 heteroatoms. The lowest BCUT2D eigenvalue weighted by atomic mass is 9.93. The summed E-state index contributed by atoms with van der Waals surface area (Å²) in [7, 11) is 1.61. The summed E-state index contributed by atoms with van der Waals surface area (Å²) in [5.74, 6) is -0.342. The van der Waals surface area contributed by atoms with Crippen LogP contribution < -0.4 is 5.32 Å². The van der Waals surface area contributed by atoms with Gasteiger partial charge in [-0.15, -0.1) is 0 Å². The third-order valence-electron chi connectivity index (χ3n) is 3.56. The molecule has 0 radical (unpaired) electrons. The van der Waals surface area contributed by atoms with Crippen LogP contribution in [0, 0.1) is 5.92 Å². The summed E-state index contributed by atoms with van der Waals surface area (Å²) in [5.41, 5.74) is 0. The first-order valence-electron chi connectivity index (χ1n) is 7.23. The number of carboxylic acids is 1. The highest BCUT2D eigenvalue weighted by atomic mass is 16.5. The van der Waals surface area contributed by atoms with E-state index in [-0.39, 0.29) is 18.4 Å². The zero-order valence-electron chi connectivity index (χ0n) is 12.4. The fourth-order valence-corrected chi connectivity index (χ4v) is 2.67. The molecule has 0 saturated carbocycles. The summed E-state index contributed by atoms with van der Waals surface area (Å²) < 4.78 is 4.98. The average molecular weight is 286 g/mol. The van der Waals surface area contributed by atoms with Gasteiger partial charge in [-0.05, 0) is 38.6 Å². The molecule has 1 saturated heterocycles. The predicted octanol–water partition coefficient (Wildman–Crippen LogP) is 0.714. The summed E-state index contributed by atoms with van der Waals surface area (Å²) in [5, 5.41) is 11.6. The number of nitrogens with zero attached hydrogens (tertiary/aromatic N) is 1. The molecule has 1 aliphatic heterocycles. The lowest BCUT2D eigenvalue weighted by molar-refractivity contribution is -0.137. The molecule has 2 unspecified atom stereocenters. The zero-order chi connectivity index (χ0) is 15.0. The van der Waals surface area contributed by atoms with E-state index in [1.165, 1.54) is 0 Å². The molecule has 0 aromatic carbocycles. The molecule has 2 atom stereocenters. The first-order valence-corrected chi connectivity index (χ1v) is 7.23. The Kier molecular flexibility index (Phi) is 7.54. The Bertz CT molecular complexity index is 322. The first kappa shape index (κ1) is 16.9. The molecule has 0 aromatic heterocycles. The highest BCUT2D eigenvalue weighted by Gasteiger charge is 2.22. The number of carbonyl (C=O) groups excluding carboxylic acids is 1. The first-order chi connectivity index (χ1) is 9.51. The fourth-order valence-electron chi connectivity index (χ4n) is 2.67. The normalized spacial score (nSPS) is 21.4. The number of ether oxygens (including phenoxy) is 1. The number of carbonyl (C=O) groups is 2. The molecule has 1 heterocycles. The number of carboxylic acid groups (broad SMARTS) is 1. The van der Waals surface area contributed by atoms with Crippen molar-refractivity contribution in [2.24, 2.45) is 5.92 Å². The van der Waals surface area contributed by atoms with Crippen LogP contribution in [0.25, 0.3) is 0 Å². The van der Waals surface area contributed by atoms with Gasteiger partial charge in [0.15, 0.2) is 0 Å². The maximum absolute atomic E-state index is 11.9. The Hall–Kier alpha value is -1.14. The molecule has 20 heavy (non-hydrogen) atoms. The quantitative estimate of drug-likeness (QED) is 0.687. The number of hydrogen-bond donors (Lipinski definition) is 2. The SMILES string of the molecule is COCC(C)NC(=O)CN1CCCC(CCC(=O)O)C1. The van der Waals surface area contributed by atoms with Gasteiger partial charge in [-0.1, -0.05) is 0 Å². The van der Waals surface area contributed by atoms with Gasteiger partial charge < -0.3 is 15.2 Å². The van der Waals surface area contributed by atoms with Crippen LogP contribution in [0.5, 0.6) is 0 Å². The Morgan fingerprint density at radius 2 is 2.25 bits per heavy atom. The number of rotatable bonds is 8. The second-order valence-corrected chi connectivity index (χ2v) is 5.60. The minimum absolute atomic E-state index is 0.00781. The minimum atomic E-state index is -0.742. The third kappa shape index (κ3) is 6.86. The van der Waals surface area contributed by atoms with E-state index < -0.39 is 5.97 Å². The van der Waals surface area contributed by atoms with E-state index in [0.29, 0.717) is 25.5 Å². The molecular weight excluding hydrogens is 260 g/mol. The Balaban J connectivity index is 2.28. The van der Waals surface area contributed by atoms with Crippen LogP contribution in [0.4, 0.5) is 0 Å². The number of amides is 1. The number of likely N-dealkylation sites (tertiary alicyclic amines) is 1. The van der Waals surface area contributed by atoms with Gasteiger partial charge in [0, 0.05) is 26.1 Å². The maximum atomic E-state index is 11.9. The standard InChI is InChI=1S/C14H26N2O4/c1-11(10-20-2)15-13(17)9-16-7-3-4-12(8-16)5-6-14(18)19/h11-12H,3-10H2,1-2H3,(H,15,17)(H,18,19). The van der Waals surface area contributed by atoms with Crippen molar-refractivity contribution in [1.29, 1.82) is 0 Å². The summed E-state index contributed by atoms with van der Waals surface area (Å²) >= 11 is 0. The van der Waals surface area contributed by atoms with Gasteiger partial charge in [-0.3, -0.25) is 14.5 Å². The average Bonchev–Trinajstić information content (AvgIpc) is 2.36. The summed E-state index contributed by atoms with van der Waals surface area (Å²) in [6.07, 6.45) is 3.01. The summed E-state index contributed by atoms with van der Waals surface area (Å²) in [6, 6.07) is 0.0140. The Labute approximate surface area is 120 Å². The molecule has 1 aliphatic rings. The maximum Gasteiger partial charge on any atom is 0.303 e. The van der Waals surface area contributed by atoms with Crippen LogP contribution in [-0.4, -0.2) is 61.3 Å². The van der Waals surface area contributed by atoms with Gasteiger partial charge in [0.05, 0.1) is 13.2 Å². The van der Waals surface area contributed by atoms with E-state index in [1.54, 1.807) is 7.11 Å². The van der Waals surface area contributed by atoms with Crippen molar-refractivity contribution in [3.63, 3.8) is 0 Å². The van der Waals surface area contributed by atoms with Crippen molar-refractivity contribution in [1.82, 2.24) is 10.2 Å². The molecule has 1 fully saturated rings. The fraction of sp³-hybridized carbons (Fsp3) is 0.857. The highest BCUT2D eigenvalue weighted by molar-refractivity contribution is 5.78. The lowest BCUT2D eigenvalue weighted by Crippen LogP contribution is -2.45. The van der Waals surface area contributed by atoms with E-state index in [4.69, 9.17) is 9.84 Å². The highest BCUT2D eigenvalue weighted by Crippen LogP contribution is 2.20. The Morgan fingerprint density at radius 3 is 2.90 bits per heavy atom. The number of hydrogen-bond acceptors (Lipinski definition) is 4. The van der Waals surface area contributed by atoms with Crippen LogP contribution in [-0.2, 0) is 14.3 Å². The van der Waals surface area contributed by atoms with E-state index in [1.807, 2.05) is 6.92 Å². The van der Waals surface area contributed by atoms with Crippen LogP contribution in [0.15, 0.2) is 0 Å². The molecule has 116 valence electrons. The molecule has 0 spiro atoms. The second kappa shape index (κ2) is 8.92. The van der Waals surface area contributed by atoms with E-state index >= 15 is 0 Å². The predicted molar refractivity (Wildman–Crippen MR) is 75.5 cm³/mol. The molecule has 0 aromatic rings. The van der Waals surface area contributed by atoms with Crippen LogP contribution in [0.3, 0.4) is 0 Å². The zero-order valence-corrected chi connectivity index (χ0v) is 12.4. The van der Waals surface area contributed by atoms with Crippen LogP contribution >= 0.6 is 0 Å². The second-order valence-electron chi connectivity index (χ2n) is 5.60. The molecule has 1 rings (SSSR count). The van der Waals surface area contributed by atoms with Crippen molar-refractivity contribution in [2.75, 3.05) is 33.4 Å². The van der Waals surface area contributed by atoms with Gasteiger partial charge in [0.25, 0.3) is 0 Å². The molecule has 1 amide bonds. The monoisotopic (exact) mass is 286 g/mol. The van der Waals surface area contributed by atoms with Crippen molar-refractivity contribution in [3.8, 4) is 0 Å². The topological polar surface area (TPSA) is 78.9 Å². The van der Waals surface area contributed by atoms with Gasteiger partial charge in [0.2, 0.25) is 5.91 Å². The molecule has 0 aliphatic carbocycles. The van der Waals surface area contributed by atoms with Gasteiger partial charge in [-0.25, -0.2) is 0 Å². The van der Waals surface area contributed by atoms with Gasteiger partial charge in [-0.2, -0.15) is 0 Å². The molecule has 0 bridgehead atoms. The molecule has 6 nitrogen and oxygen atoms in total. The Morgan fingerprint density at radius 1 is 1.50 bits per heavy atom. The van der Waals surface area contributed by atoms with Crippen LogP contribution in [0.1, 0.15) is 32.6 Å². The number of nitrogens with one attached hydrogen (secondary N) is 1.